The van der Waals surface area contributed by atoms with Gasteiger partial charge < -0.3 is 5.11 Å². The fourth-order valence-electron chi connectivity index (χ4n) is 2.09. The first kappa shape index (κ1) is 11.2. The largest absolute Gasteiger partial charge is 0.384 e. The van der Waals surface area contributed by atoms with Crippen LogP contribution in [-0.4, -0.2) is 29.7 Å². The van der Waals surface area contributed by atoms with E-state index in [1.807, 2.05) is 12.1 Å². The highest BCUT2D eigenvalue weighted by atomic mass is 16.2. The van der Waals surface area contributed by atoms with Crippen molar-refractivity contribution in [2.45, 2.75) is 19.4 Å². The summed E-state index contributed by atoms with van der Waals surface area (Å²) in [5, 5.41) is 8.64. The molecule has 1 aliphatic heterocycles. The molecule has 2 nitrogen and oxygen atoms in total. The van der Waals surface area contributed by atoms with E-state index in [-0.39, 0.29) is 6.61 Å². The molecule has 0 saturated carbocycles. The van der Waals surface area contributed by atoms with E-state index in [1.165, 1.54) is 31.5 Å². The molecule has 1 saturated heterocycles. The molecule has 1 aromatic rings. The third kappa shape index (κ3) is 3.10. The maximum Gasteiger partial charge on any atom is 0.104 e. The van der Waals surface area contributed by atoms with E-state index in [0.29, 0.717) is 0 Å². The van der Waals surface area contributed by atoms with Crippen LogP contribution in [0.25, 0.3) is 0 Å². The van der Waals surface area contributed by atoms with Crippen molar-refractivity contribution in [3.63, 3.8) is 0 Å². The molecule has 84 valence electrons. The van der Waals surface area contributed by atoms with E-state index in [1.54, 1.807) is 0 Å². The molecule has 1 fully saturated rings. The van der Waals surface area contributed by atoms with Crippen molar-refractivity contribution >= 4 is 0 Å². The summed E-state index contributed by atoms with van der Waals surface area (Å²) in [6, 6.07) is 8.27. The van der Waals surface area contributed by atoms with Gasteiger partial charge in [-0.25, -0.2) is 0 Å². The number of likely N-dealkylation sites (tertiary alicyclic amines) is 1. The summed E-state index contributed by atoms with van der Waals surface area (Å²) in [4.78, 5) is 2.47. The van der Waals surface area contributed by atoms with Gasteiger partial charge in [0.05, 0.1) is 0 Å². The summed E-state index contributed by atoms with van der Waals surface area (Å²) in [6.45, 7) is 3.38. The minimum atomic E-state index is -0.0731. The molecule has 0 spiro atoms. The van der Waals surface area contributed by atoms with E-state index in [0.717, 1.165) is 12.1 Å². The van der Waals surface area contributed by atoms with Crippen molar-refractivity contribution in [1.82, 2.24) is 4.90 Å². The molecule has 0 atom stereocenters. The van der Waals surface area contributed by atoms with Crippen LogP contribution in [-0.2, 0) is 6.54 Å². The van der Waals surface area contributed by atoms with Crippen molar-refractivity contribution in [3.05, 3.63) is 35.4 Å². The minimum Gasteiger partial charge on any atom is -0.384 e. The Bertz CT molecular complexity index is 397. The number of hydrogen-bond acceptors (Lipinski definition) is 2. The Kier molecular flexibility index (Phi) is 3.98. The summed E-state index contributed by atoms with van der Waals surface area (Å²) in [5.74, 6) is 5.62. The molecule has 1 N–H and O–H groups in total. The highest BCUT2D eigenvalue weighted by Gasteiger charge is 2.11. The third-order valence-electron chi connectivity index (χ3n) is 2.84. The molecule has 0 aliphatic carbocycles. The van der Waals surface area contributed by atoms with E-state index in [2.05, 4.69) is 28.9 Å². The van der Waals surface area contributed by atoms with Crippen molar-refractivity contribution in [2.24, 2.45) is 0 Å². The summed E-state index contributed by atoms with van der Waals surface area (Å²) >= 11 is 0. The third-order valence-corrected chi connectivity index (χ3v) is 2.84. The average Bonchev–Trinajstić information content (AvgIpc) is 2.80. The Morgan fingerprint density at radius 1 is 1.25 bits per heavy atom. The Hall–Kier alpha value is -1.30. The molecule has 16 heavy (non-hydrogen) atoms. The van der Waals surface area contributed by atoms with Gasteiger partial charge in [-0.2, -0.15) is 0 Å². The monoisotopic (exact) mass is 215 g/mol. The zero-order valence-corrected chi connectivity index (χ0v) is 9.45. The zero-order valence-electron chi connectivity index (χ0n) is 9.45. The smallest absolute Gasteiger partial charge is 0.104 e. The second-order valence-corrected chi connectivity index (χ2v) is 4.14. The topological polar surface area (TPSA) is 23.5 Å². The first-order valence-electron chi connectivity index (χ1n) is 5.79. The molecule has 1 aliphatic rings. The summed E-state index contributed by atoms with van der Waals surface area (Å²) in [6.07, 6.45) is 2.65. The Morgan fingerprint density at radius 3 is 2.81 bits per heavy atom. The molecule has 0 aromatic heterocycles. The van der Waals surface area contributed by atoms with Crippen molar-refractivity contribution in [3.8, 4) is 11.8 Å². The zero-order chi connectivity index (χ0) is 11.2. The van der Waals surface area contributed by atoms with Gasteiger partial charge in [-0.05, 0) is 43.6 Å². The number of hydrogen-bond donors (Lipinski definition) is 1. The number of benzene rings is 1. The lowest BCUT2D eigenvalue weighted by Gasteiger charge is -2.14. The maximum absolute atomic E-state index is 8.64. The van der Waals surface area contributed by atoms with Gasteiger partial charge in [-0.3, -0.25) is 4.90 Å². The Balaban J connectivity index is 2.03. The van der Waals surface area contributed by atoms with Crippen molar-refractivity contribution in [1.29, 1.82) is 0 Å². The van der Waals surface area contributed by atoms with Crippen LogP contribution in [0.1, 0.15) is 24.0 Å². The lowest BCUT2D eigenvalue weighted by Crippen LogP contribution is -2.18. The molecular weight excluding hydrogens is 198 g/mol. The van der Waals surface area contributed by atoms with E-state index in [4.69, 9.17) is 5.11 Å². The van der Waals surface area contributed by atoms with Gasteiger partial charge in [0, 0.05) is 12.1 Å². The molecule has 2 rings (SSSR count). The van der Waals surface area contributed by atoms with Gasteiger partial charge in [0.15, 0.2) is 0 Å². The van der Waals surface area contributed by atoms with Gasteiger partial charge in [0.2, 0.25) is 0 Å². The normalized spacial score (nSPS) is 15.8. The minimum absolute atomic E-state index is 0.0731. The average molecular weight is 215 g/mol. The summed E-state index contributed by atoms with van der Waals surface area (Å²) < 4.78 is 0. The summed E-state index contributed by atoms with van der Waals surface area (Å²) in [7, 11) is 0. The molecular formula is C14H17NO. The van der Waals surface area contributed by atoms with Gasteiger partial charge in [0.1, 0.15) is 6.61 Å². The predicted molar refractivity (Wildman–Crippen MR) is 64.9 cm³/mol. The van der Waals surface area contributed by atoms with E-state index >= 15 is 0 Å². The number of aliphatic hydroxyl groups is 1. The number of rotatable bonds is 2. The lowest BCUT2D eigenvalue weighted by molar-refractivity contribution is 0.331. The van der Waals surface area contributed by atoms with Crippen molar-refractivity contribution in [2.75, 3.05) is 19.7 Å². The van der Waals surface area contributed by atoms with Crippen LogP contribution in [0.5, 0.6) is 0 Å². The van der Waals surface area contributed by atoms with E-state index in [9.17, 15) is 0 Å². The van der Waals surface area contributed by atoms with Crippen LogP contribution >= 0.6 is 0 Å². The summed E-state index contributed by atoms with van der Waals surface area (Å²) in [5.41, 5.74) is 2.30. The predicted octanol–water partition coefficient (Wildman–Crippen LogP) is 1.63. The van der Waals surface area contributed by atoms with Crippen LogP contribution in [0.15, 0.2) is 24.3 Å². The van der Waals surface area contributed by atoms with Crippen LogP contribution in [0, 0.1) is 11.8 Å². The second kappa shape index (κ2) is 5.69. The number of aliphatic hydroxyl groups excluding tert-OH is 1. The molecule has 0 radical (unpaired) electrons. The van der Waals surface area contributed by atoms with Gasteiger partial charge >= 0.3 is 0 Å². The lowest BCUT2D eigenvalue weighted by atomic mass is 10.1. The van der Waals surface area contributed by atoms with Crippen molar-refractivity contribution < 1.29 is 5.11 Å². The molecule has 0 unspecified atom stereocenters. The Morgan fingerprint density at radius 2 is 2.06 bits per heavy atom. The molecule has 1 aromatic carbocycles. The van der Waals surface area contributed by atoms with Crippen LogP contribution < -0.4 is 0 Å². The number of nitrogens with zero attached hydrogens (tertiary/aromatic N) is 1. The van der Waals surface area contributed by atoms with Crippen LogP contribution in [0.4, 0.5) is 0 Å². The highest BCUT2D eigenvalue weighted by molar-refractivity contribution is 5.37. The standard InChI is InChI=1S/C14H17NO/c16-10-4-7-13-5-3-6-14(11-13)12-15-8-1-2-9-15/h3,5-6,11,16H,1-2,8-10,12H2. The van der Waals surface area contributed by atoms with Gasteiger partial charge in [-0.1, -0.05) is 24.0 Å². The quantitative estimate of drug-likeness (QED) is 0.758. The van der Waals surface area contributed by atoms with Gasteiger partial charge in [0.25, 0.3) is 0 Å². The molecule has 1 heterocycles. The van der Waals surface area contributed by atoms with Crippen LogP contribution in [0.3, 0.4) is 0 Å². The SMILES string of the molecule is OCC#Cc1cccc(CN2CCCC2)c1. The highest BCUT2D eigenvalue weighted by Crippen LogP contribution is 2.13. The first-order chi connectivity index (χ1) is 7.88. The maximum atomic E-state index is 8.64. The fraction of sp³-hybridized carbons (Fsp3) is 0.429. The molecule has 2 heteroatoms. The fourth-order valence-corrected chi connectivity index (χ4v) is 2.09. The molecule has 0 bridgehead atoms. The van der Waals surface area contributed by atoms with Crippen LogP contribution in [0.2, 0.25) is 0 Å². The second-order valence-electron chi connectivity index (χ2n) is 4.14. The Labute approximate surface area is 96.9 Å². The van der Waals surface area contributed by atoms with E-state index < -0.39 is 0 Å². The first-order valence-corrected chi connectivity index (χ1v) is 5.79. The molecule has 0 amide bonds. The van der Waals surface area contributed by atoms with Gasteiger partial charge in [-0.15, -0.1) is 0 Å².